The minimum absolute atomic E-state index is 0.0423. The van der Waals surface area contributed by atoms with Crippen LogP contribution in [0.2, 0.25) is 0 Å². The summed E-state index contributed by atoms with van der Waals surface area (Å²) in [6, 6.07) is 16.5. The van der Waals surface area contributed by atoms with Crippen molar-refractivity contribution >= 4 is 29.3 Å². The molecule has 4 atom stereocenters. The molecular weight excluding hydrogens is 494 g/mol. The summed E-state index contributed by atoms with van der Waals surface area (Å²) < 4.78 is 7.13. The fraction of sp³-hybridized carbons (Fsp3) is 0.345. The van der Waals surface area contributed by atoms with E-state index in [0.29, 0.717) is 13.1 Å². The maximum absolute atomic E-state index is 12.9. The molecule has 10 nitrogen and oxygen atoms in total. The molecule has 10 heteroatoms. The van der Waals surface area contributed by atoms with Crippen molar-refractivity contribution < 1.29 is 14.3 Å². The number of carbonyl (C=O) groups is 2. The Morgan fingerprint density at radius 2 is 1.85 bits per heavy atom. The Morgan fingerprint density at radius 1 is 1.03 bits per heavy atom. The highest BCUT2D eigenvalue weighted by Gasteiger charge is 2.47. The number of likely N-dealkylation sites (tertiary alicyclic amines) is 1. The Labute approximate surface area is 226 Å². The van der Waals surface area contributed by atoms with Gasteiger partial charge >= 0.3 is 5.97 Å². The van der Waals surface area contributed by atoms with E-state index in [0.717, 1.165) is 35.1 Å². The van der Waals surface area contributed by atoms with Gasteiger partial charge in [0, 0.05) is 56.3 Å². The minimum atomic E-state index is -0.781. The number of esters is 1. The lowest BCUT2D eigenvalue weighted by Gasteiger charge is -2.36. The van der Waals surface area contributed by atoms with Crippen molar-refractivity contribution in [1.29, 1.82) is 0 Å². The topological polar surface area (TPSA) is 105 Å². The molecule has 0 radical (unpaired) electrons. The molecule has 4 aromatic rings. The number of piperazine rings is 1. The van der Waals surface area contributed by atoms with Crippen molar-refractivity contribution in [1.82, 2.24) is 24.3 Å². The van der Waals surface area contributed by atoms with Crippen molar-refractivity contribution in [3.05, 3.63) is 72.7 Å². The van der Waals surface area contributed by atoms with E-state index in [4.69, 9.17) is 9.72 Å². The Bertz CT molecular complexity index is 1520. The Hall–Kier alpha value is -4.47. The number of imidazole rings is 1. The summed E-state index contributed by atoms with van der Waals surface area (Å²) in [5.41, 5.74) is 3.73. The average molecular weight is 526 g/mol. The smallest absolute Gasteiger partial charge is 0.303 e. The molecule has 200 valence electrons. The second kappa shape index (κ2) is 10.0. The summed E-state index contributed by atoms with van der Waals surface area (Å²) in [5.74, 6) is 0.978. The van der Waals surface area contributed by atoms with E-state index in [-0.39, 0.29) is 24.0 Å². The lowest BCUT2D eigenvalue weighted by atomic mass is 10.1. The lowest BCUT2D eigenvalue weighted by Crippen LogP contribution is -2.52. The van der Waals surface area contributed by atoms with Gasteiger partial charge in [-0.25, -0.2) is 15.0 Å². The second-order valence-electron chi connectivity index (χ2n) is 10.2. The fourth-order valence-electron chi connectivity index (χ4n) is 5.69. The van der Waals surface area contributed by atoms with Crippen molar-refractivity contribution in [3.63, 3.8) is 0 Å². The number of amides is 1. The highest BCUT2D eigenvalue weighted by Crippen LogP contribution is 2.36. The molecule has 6 rings (SSSR count). The zero-order valence-corrected chi connectivity index (χ0v) is 22.2. The molecule has 3 aromatic heterocycles. The molecule has 2 saturated heterocycles. The van der Waals surface area contributed by atoms with Crippen LogP contribution in [0, 0.1) is 0 Å². The quantitative estimate of drug-likeness (QED) is 0.364. The normalized spacial score (nSPS) is 19.8. The first-order chi connectivity index (χ1) is 18.9. The molecule has 0 aliphatic carbocycles. The summed E-state index contributed by atoms with van der Waals surface area (Å²) in [7, 11) is 0. The van der Waals surface area contributed by atoms with Crippen LogP contribution in [-0.4, -0.2) is 67.4 Å². The van der Waals surface area contributed by atoms with Crippen molar-refractivity contribution in [2.45, 2.75) is 51.4 Å². The molecule has 2 aliphatic heterocycles. The largest absolute Gasteiger partial charge is 0.453 e. The molecule has 3 unspecified atom stereocenters. The number of benzene rings is 1. The molecular formula is C29H31N7O3. The van der Waals surface area contributed by atoms with Crippen LogP contribution < -0.4 is 10.2 Å². The molecule has 39 heavy (non-hydrogen) atoms. The first kappa shape index (κ1) is 24.8. The van der Waals surface area contributed by atoms with Crippen LogP contribution in [0.1, 0.15) is 38.8 Å². The molecule has 5 heterocycles. The van der Waals surface area contributed by atoms with Crippen molar-refractivity contribution in [2.75, 3.05) is 23.3 Å². The number of nitrogens with one attached hydrogen (secondary N) is 1. The Morgan fingerprint density at radius 3 is 2.59 bits per heavy atom. The molecule has 1 N–H and O–H groups in total. The lowest BCUT2D eigenvalue weighted by molar-refractivity contribution is -0.157. The van der Waals surface area contributed by atoms with Crippen LogP contribution in [0.3, 0.4) is 0 Å². The van der Waals surface area contributed by atoms with Gasteiger partial charge in [0.1, 0.15) is 11.5 Å². The van der Waals surface area contributed by atoms with Gasteiger partial charge in [-0.1, -0.05) is 30.3 Å². The second-order valence-corrected chi connectivity index (χ2v) is 10.2. The van der Waals surface area contributed by atoms with E-state index in [1.807, 2.05) is 51.9 Å². The number of pyridine rings is 1. The minimum Gasteiger partial charge on any atom is -0.453 e. The zero-order chi connectivity index (χ0) is 27.1. The number of hydrogen-bond donors (Lipinski definition) is 1. The van der Waals surface area contributed by atoms with E-state index >= 15 is 0 Å². The van der Waals surface area contributed by atoms with E-state index in [1.165, 1.54) is 12.5 Å². The highest BCUT2D eigenvalue weighted by molar-refractivity contribution is 5.84. The number of ether oxygens (including phenoxy) is 1. The number of fused-ring (bicyclic) bond motifs is 3. The SMILES string of the molecule is CC(=O)OC(C)C(=O)N1CC2CC1CN2c1nc(-c2ccnc(N[C@@H](C)c3ccccc3)c2)cc2nccn12. The molecule has 1 amide bonds. The van der Waals surface area contributed by atoms with E-state index in [1.54, 1.807) is 19.3 Å². The van der Waals surface area contributed by atoms with Gasteiger partial charge in [-0.15, -0.1) is 0 Å². The maximum Gasteiger partial charge on any atom is 0.303 e. The standard InChI is InChI=1S/C29H31N7O3/c1-18(21-7-5-4-6-8-21)32-26-13-22(9-10-30-26)25-15-27-31-11-12-34(27)29(33-25)36-17-23-14-24(36)16-35(23)28(38)19(2)39-20(3)37/h4-13,15,18-19,23-24H,14,16-17H2,1-3H3,(H,30,32)/t18-,19?,23?,24?/m0/s1. The van der Waals surface area contributed by atoms with Gasteiger partial charge in [0.05, 0.1) is 17.8 Å². The molecule has 1 aromatic carbocycles. The van der Waals surface area contributed by atoms with Gasteiger partial charge in [-0.3, -0.25) is 14.0 Å². The van der Waals surface area contributed by atoms with Gasteiger partial charge in [-0.2, -0.15) is 0 Å². The number of anilines is 2. The van der Waals surface area contributed by atoms with Crippen molar-refractivity contribution in [3.8, 4) is 11.3 Å². The molecule has 0 saturated carbocycles. The first-order valence-electron chi connectivity index (χ1n) is 13.2. The van der Waals surface area contributed by atoms with Crippen LogP contribution in [0.25, 0.3) is 16.9 Å². The molecule has 2 bridgehead atoms. The van der Waals surface area contributed by atoms with Gasteiger partial charge in [0.25, 0.3) is 5.91 Å². The van der Waals surface area contributed by atoms with E-state index in [2.05, 4.69) is 39.2 Å². The zero-order valence-electron chi connectivity index (χ0n) is 22.2. The van der Waals surface area contributed by atoms with Crippen LogP contribution in [0.5, 0.6) is 0 Å². The molecule has 2 aliphatic rings. The van der Waals surface area contributed by atoms with Gasteiger partial charge < -0.3 is 19.9 Å². The number of nitrogens with zero attached hydrogens (tertiary/aromatic N) is 6. The average Bonchev–Trinajstić information content (AvgIpc) is 3.68. The third-order valence-corrected chi connectivity index (χ3v) is 7.56. The number of carbonyl (C=O) groups excluding carboxylic acids is 2. The monoisotopic (exact) mass is 525 g/mol. The van der Waals surface area contributed by atoms with Crippen LogP contribution >= 0.6 is 0 Å². The summed E-state index contributed by atoms with van der Waals surface area (Å²) in [6.45, 7) is 6.29. The maximum atomic E-state index is 12.9. The first-order valence-corrected chi connectivity index (χ1v) is 13.2. The summed E-state index contributed by atoms with van der Waals surface area (Å²) in [5, 5.41) is 3.49. The number of rotatable bonds is 7. The van der Waals surface area contributed by atoms with Crippen LogP contribution in [0.15, 0.2) is 67.1 Å². The van der Waals surface area contributed by atoms with Crippen molar-refractivity contribution in [2.24, 2.45) is 0 Å². The van der Waals surface area contributed by atoms with Gasteiger partial charge in [-0.05, 0) is 38.0 Å². The molecule has 2 fully saturated rings. The van der Waals surface area contributed by atoms with Crippen LogP contribution in [0.4, 0.5) is 11.8 Å². The Balaban J connectivity index is 1.25. The van der Waals surface area contributed by atoms with E-state index in [9.17, 15) is 9.59 Å². The summed E-state index contributed by atoms with van der Waals surface area (Å²) >= 11 is 0. The van der Waals surface area contributed by atoms with Gasteiger partial charge in [0.15, 0.2) is 6.10 Å². The highest BCUT2D eigenvalue weighted by atomic mass is 16.5. The molecule has 0 spiro atoms. The Kier molecular flexibility index (Phi) is 6.38. The number of aromatic nitrogens is 4. The summed E-state index contributed by atoms with van der Waals surface area (Å²) in [6.07, 6.45) is 5.55. The third kappa shape index (κ3) is 4.78. The predicted molar refractivity (Wildman–Crippen MR) is 147 cm³/mol. The summed E-state index contributed by atoms with van der Waals surface area (Å²) in [4.78, 5) is 42.5. The van der Waals surface area contributed by atoms with Crippen LogP contribution in [-0.2, 0) is 14.3 Å². The number of hydrogen-bond acceptors (Lipinski definition) is 8. The van der Waals surface area contributed by atoms with Gasteiger partial charge in [0.2, 0.25) is 5.95 Å². The van der Waals surface area contributed by atoms with E-state index < -0.39 is 12.1 Å². The fourth-order valence-corrected chi connectivity index (χ4v) is 5.69. The third-order valence-electron chi connectivity index (χ3n) is 7.56. The predicted octanol–water partition coefficient (Wildman–Crippen LogP) is 3.71.